The molecule has 0 radical (unpaired) electrons. The lowest BCUT2D eigenvalue weighted by atomic mass is 9.87. The Morgan fingerprint density at radius 3 is 2.38 bits per heavy atom. The van der Waals surface area contributed by atoms with Crippen molar-refractivity contribution in [3.05, 3.63) is 17.9 Å². The fourth-order valence-electron chi connectivity index (χ4n) is 1.75. The first-order chi connectivity index (χ1) is 6.15. The summed E-state index contributed by atoms with van der Waals surface area (Å²) >= 11 is 0. The van der Waals surface area contributed by atoms with Gasteiger partial charge in [-0.1, -0.05) is 46.6 Å². The predicted molar refractivity (Wildman–Crippen MR) is 60.8 cm³/mol. The van der Waals surface area contributed by atoms with E-state index in [2.05, 4.69) is 40.0 Å². The van der Waals surface area contributed by atoms with Gasteiger partial charge in [0.1, 0.15) is 0 Å². The second-order valence-electron chi connectivity index (χ2n) is 4.06. The lowest BCUT2D eigenvalue weighted by molar-refractivity contribution is 0.383. The zero-order valence-electron chi connectivity index (χ0n) is 9.69. The molecule has 0 saturated heterocycles. The highest BCUT2D eigenvalue weighted by atomic mass is 14.2. The minimum Gasteiger partial charge on any atom is -0.130 e. The van der Waals surface area contributed by atoms with Gasteiger partial charge in [-0.25, -0.2) is 0 Å². The van der Waals surface area contributed by atoms with Gasteiger partial charge in [-0.15, -0.1) is 5.73 Å². The van der Waals surface area contributed by atoms with Gasteiger partial charge in [0.2, 0.25) is 0 Å². The fourth-order valence-corrected chi connectivity index (χ4v) is 1.75. The summed E-state index contributed by atoms with van der Waals surface area (Å²) in [4.78, 5) is 0. The van der Waals surface area contributed by atoms with Crippen LogP contribution >= 0.6 is 0 Å². The molecule has 0 amide bonds. The highest BCUT2D eigenvalue weighted by molar-refractivity contribution is 4.99. The van der Waals surface area contributed by atoms with Gasteiger partial charge < -0.3 is 0 Å². The Morgan fingerprint density at radius 1 is 1.38 bits per heavy atom. The predicted octanol–water partition coefficient (Wildman–Crippen LogP) is 4.57. The average molecular weight is 180 g/mol. The van der Waals surface area contributed by atoms with E-state index in [0.29, 0.717) is 5.92 Å². The summed E-state index contributed by atoms with van der Waals surface area (Å²) in [7, 11) is 0. The molecule has 0 aromatic rings. The van der Waals surface area contributed by atoms with Crippen molar-refractivity contribution in [3.8, 4) is 0 Å². The quantitative estimate of drug-likeness (QED) is 0.525. The van der Waals surface area contributed by atoms with E-state index in [1.807, 2.05) is 0 Å². The van der Waals surface area contributed by atoms with Gasteiger partial charge in [0, 0.05) is 0 Å². The van der Waals surface area contributed by atoms with Crippen LogP contribution < -0.4 is 0 Å². The van der Waals surface area contributed by atoms with E-state index in [1.54, 1.807) is 0 Å². The average Bonchev–Trinajstić information content (AvgIpc) is 2.15. The largest absolute Gasteiger partial charge is 0.130 e. The Labute approximate surface area is 83.7 Å². The van der Waals surface area contributed by atoms with Crippen LogP contribution in [0.5, 0.6) is 0 Å². The van der Waals surface area contributed by atoms with Crippen molar-refractivity contribution in [1.82, 2.24) is 0 Å². The summed E-state index contributed by atoms with van der Waals surface area (Å²) < 4.78 is 0. The van der Waals surface area contributed by atoms with E-state index >= 15 is 0 Å². The van der Waals surface area contributed by atoms with Crippen molar-refractivity contribution in [2.75, 3.05) is 0 Å². The van der Waals surface area contributed by atoms with Crippen molar-refractivity contribution >= 4 is 0 Å². The van der Waals surface area contributed by atoms with Crippen molar-refractivity contribution in [2.24, 2.45) is 11.8 Å². The molecule has 0 heterocycles. The van der Waals surface area contributed by atoms with E-state index in [1.165, 1.54) is 31.3 Å². The van der Waals surface area contributed by atoms with Gasteiger partial charge in [-0.3, -0.25) is 0 Å². The molecule has 76 valence electrons. The van der Waals surface area contributed by atoms with Gasteiger partial charge in [-0.2, -0.15) is 0 Å². The van der Waals surface area contributed by atoms with E-state index < -0.39 is 0 Å². The molecule has 0 N–H and O–H groups in total. The molecule has 0 saturated carbocycles. The third kappa shape index (κ3) is 4.95. The number of hydrogen-bond donors (Lipinski definition) is 0. The molecule has 0 heteroatoms. The third-order valence-corrected chi connectivity index (χ3v) is 2.98. The van der Waals surface area contributed by atoms with Crippen LogP contribution in [-0.2, 0) is 0 Å². The van der Waals surface area contributed by atoms with Gasteiger partial charge in [0.05, 0.1) is 0 Å². The first-order valence-electron chi connectivity index (χ1n) is 5.52. The Balaban J connectivity index is 4.00. The molecule has 0 nitrogen and oxygen atoms in total. The van der Waals surface area contributed by atoms with Crippen LogP contribution in [-0.4, -0.2) is 0 Å². The monoisotopic (exact) mass is 180 g/mol. The molecule has 2 unspecified atom stereocenters. The Hall–Kier alpha value is -0.480. The Bertz CT molecular complexity index is 172. The minimum absolute atomic E-state index is 0.661. The summed E-state index contributed by atoms with van der Waals surface area (Å²) in [5.41, 5.74) is 4.32. The topological polar surface area (TPSA) is 0 Å². The standard InChI is InChI=1S/C13H24/c1-6-9-13(8-3)10-12(5)11(4)7-2/h12-13H,2,6,8-10H2,1,3-5H3. The highest BCUT2D eigenvalue weighted by Gasteiger charge is 2.11. The van der Waals surface area contributed by atoms with Gasteiger partial charge in [-0.05, 0) is 30.8 Å². The van der Waals surface area contributed by atoms with E-state index in [0.717, 1.165) is 5.92 Å². The zero-order valence-corrected chi connectivity index (χ0v) is 9.69. The van der Waals surface area contributed by atoms with Crippen LogP contribution in [0, 0.1) is 11.8 Å². The first-order valence-corrected chi connectivity index (χ1v) is 5.52. The molecule has 0 fully saturated rings. The molecule has 0 spiro atoms. The fraction of sp³-hybridized carbons (Fsp3) is 0.769. The summed E-state index contributed by atoms with van der Waals surface area (Å²) in [6.45, 7) is 12.7. The Morgan fingerprint density at radius 2 is 2.00 bits per heavy atom. The molecule has 0 rings (SSSR count). The first kappa shape index (κ1) is 12.5. The minimum atomic E-state index is 0.661. The Kier molecular flexibility index (Phi) is 6.72. The summed E-state index contributed by atoms with van der Waals surface area (Å²) in [6, 6.07) is 0. The maximum atomic E-state index is 3.70. The zero-order chi connectivity index (χ0) is 10.3. The molecule has 0 bridgehead atoms. The van der Waals surface area contributed by atoms with E-state index in [4.69, 9.17) is 0 Å². The maximum Gasteiger partial charge on any atom is -0.0156 e. The van der Waals surface area contributed by atoms with Gasteiger partial charge in [0.25, 0.3) is 0 Å². The van der Waals surface area contributed by atoms with Crippen LogP contribution in [0.25, 0.3) is 0 Å². The van der Waals surface area contributed by atoms with Crippen LogP contribution in [0.4, 0.5) is 0 Å². The highest BCUT2D eigenvalue weighted by Crippen LogP contribution is 2.24. The summed E-state index contributed by atoms with van der Waals surface area (Å²) in [6.07, 6.45) is 5.29. The molecule has 0 aliphatic heterocycles. The summed E-state index contributed by atoms with van der Waals surface area (Å²) in [5.74, 6) is 1.55. The molecule has 13 heavy (non-hydrogen) atoms. The normalized spacial score (nSPS) is 14.8. The molecule has 0 aliphatic rings. The van der Waals surface area contributed by atoms with E-state index in [9.17, 15) is 0 Å². The lowest BCUT2D eigenvalue weighted by Crippen LogP contribution is -2.06. The number of hydrogen-bond acceptors (Lipinski definition) is 0. The van der Waals surface area contributed by atoms with Crippen molar-refractivity contribution in [1.29, 1.82) is 0 Å². The molecule has 0 aliphatic carbocycles. The number of rotatable bonds is 6. The van der Waals surface area contributed by atoms with Crippen molar-refractivity contribution in [3.63, 3.8) is 0 Å². The van der Waals surface area contributed by atoms with Gasteiger partial charge >= 0.3 is 0 Å². The second kappa shape index (κ2) is 6.97. The number of allylic oxidation sites excluding steroid dienone is 1. The molecule has 0 aromatic carbocycles. The van der Waals surface area contributed by atoms with Crippen molar-refractivity contribution in [2.45, 2.75) is 53.4 Å². The van der Waals surface area contributed by atoms with E-state index in [-0.39, 0.29) is 0 Å². The van der Waals surface area contributed by atoms with Crippen LogP contribution in [0.2, 0.25) is 0 Å². The smallest absolute Gasteiger partial charge is 0.0156 e. The van der Waals surface area contributed by atoms with Crippen LogP contribution in [0.15, 0.2) is 17.9 Å². The molecular weight excluding hydrogens is 156 g/mol. The lowest BCUT2D eigenvalue weighted by Gasteiger charge is -2.18. The van der Waals surface area contributed by atoms with Gasteiger partial charge in [0.15, 0.2) is 0 Å². The van der Waals surface area contributed by atoms with Crippen LogP contribution in [0.1, 0.15) is 53.4 Å². The second-order valence-corrected chi connectivity index (χ2v) is 4.06. The van der Waals surface area contributed by atoms with Crippen molar-refractivity contribution < 1.29 is 0 Å². The summed E-state index contributed by atoms with van der Waals surface area (Å²) in [5, 5.41) is 0. The molecule has 2 atom stereocenters. The SMILES string of the molecule is C=C=C(C)C(C)CC(CC)CCC. The van der Waals surface area contributed by atoms with Crippen LogP contribution in [0.3, 0.4) is 0 Å². The molecule has 0 aromatic heterocycles. The maximum absolute atomic E-state index is 3.70. The molecular formula is C13H24. The third-order valence-electron chi connectivity index (χ3n) is 2.98.